The van der Waals surface area contributed by atoms with Gasteiger partial charge in [-0.3, -0.25) is 0 Å². The lowest BCUT2D eigenvalue weighted by Crippen LogP contribution is -1.98. The van der Waals surface area contributed by atoms with Gasteiger partial charge in [-0.05, 0) is 50.5 Å². The molecule has 0 radical (unpaired) electrons. The van der Waals surface area contributed by atoms with E-state index in [1.54, 1.807) is 0 Å². The van der Waals surface area contributed by atoms with Crippen LogP contribution in [0.1, 0.15) is 33.6 Å². The maximum absolute atomic E-state index is 6.51. The summed E-state index contributed by atoms with van der Waals surface area (Å²) in [6, 6.07) is 7.81. The van der Waals surface area contributed by atoms with E-state index < -0.39 is 0 Å². The van der Waals surface area contributed by atoms with E-state index in [0.717, 1.165) is 39.7 Å². The largest absolute Gasteiger partial charge is 0.466 e. The van der Waals surface area contributed by atoms with Crippen LogP contribution in [-0.2, 0) is 6.42 Å². The molecule has 1 nitrogen and oxygen atoms in total. The minimum absolute atomic E-state index is 0.0825. The first-order valence-corrected chi connectivity index (χ1v) is 6.75. The van der Waals surface area contributed by atoms with Crippen molar-refractivity contribution in [1.29, 1.82) is 0 Å². The van der Waals surface area contributed by atoms with E-state index in [-0.39, 0.29) is 5.38 Å². The molecule has 1 unspecified atom stereocenters. The molecule has 0 saturated carbocycles. The van der Waals surface area contributed by atoms with Crippen LogP contribution in [0.25, 0.3) is 0 Å². The maximum atomic E-state index is 6.51. The number of alkyl halides is 1. The average Bonchev–Trinajstić information content (AvgIpc) is 2.53. The van der Waals surface area contributed by atoms with Crippen molar-refractivity contribution in [2.24, 2.45) is 0 Å². The minimum Gasteiger partial charge on any atom is -0.466 e. The molecule has 0 aliphatic heterocycles. The fraction of sp³-hybridized carbons (Fsp3) is 0.333. The third-order valence-corrected chi connectivity index (χ3v) is 3.84. The van der Waals surface area contributed by atoms with Gasteiger partial charge in [0.15, 0.2) is 0 Å². The van der Waals surface area contributed by atoms with Gasteiger partial charge in [0.25, 0.3) is 0 Å². The van der Waals surface area contributed by atoms with Gasteiger partial charge >= 0.3 is 0 Å². The van der Waals surface area contributed by atoms with Crippen LogP contribution in [0, 0.1) is 20.8 Å². The molecule has 0 saturated heterocycles. The molecule has 1 atom stereocenters. The van der Waals surface area contributed by atoms with Gasteiger partial charge in [0.1, 0.15) is 11.5 Å². The average molecular weight is 283 g/mol. The quantitative estimate of drug-likeness (QED) is 0.689. The smallest absolute Gasteiger partial charge is 0.106 e. The number of halogens is 2. The third kappa shape index (κ3) is 2.73. The predicted molar refractivity (Wildman–Crippen MR) is 76.7 cm³/mol. The number of hydrogen-bond acceptors (Lipinski definition) is 1. The highest BCUT2D eigenvalue weighted by Crippen LogP contribution is 2.33. The standard InChI is InChI=1S/C15H16Cl2O/c1-9-10(2)18-11(3)15(9)14(17)8-12-5-4-6-13(16)7-12/h4-7,14H,8H2,1-3H3. The van der Waals surface area contributed by atoms with E-state index in [9.17, 15) is 0 Å². The van der Waals surface area contributed by atoms with Gasteiger partial charge in [-0.2, -0.15) is 0 Å². The lowest BCUT2D eigenvalue weighted by molar-refractivity contribution is 0.499. The summed E-state index contributed by atoms with van der Waals surface area (Å²) in [5, 5.41) is 0.661. The first kappa shape index (κ1) is 13.5. The molecule has 2 aromatic rings. The zero-order chi connectivity index (χ0) is 13.3. The molecule has 2 rings (SSSR count). The van der Waals surface area contributed by atoms with Gasteiger partial charge in [0.05, 0.1) is 5.38 Å². The van der Waals surface area contributed by atoms with E-state index >= 15 is 0 Å². The van der Waals surface area contributed by atoms with Crippen molar-refractivity contribution < 1.29 is 4.42 Å². The van der Waals surface area contributed by atoms with E-state index in [0.29, 0.717) is 0 Å². The summed E-state index contributed by atoms with van der Waals surface area (Å²) in [7, 11) is 0. The molecule has 1 aromatic carbocycles. The van der Waals surface area contributed by atoms with Crippen molar-refractivity contribution in [3.8, 4) is 0 Å². The highest BCUT2D eigenvalue weighted by atomic mass is 35.5. The molecule has 0 bridgehead atoms. The first-order valence-electron chi connectivity index (χ1n) is 5.94. The zero-order valence-electron chi connectivity index (χ0n) is 10.8. The lowest BCUT2D eigenvalue weighted by atomic mass is 10.0. The second-order valence-electron chi connectivity index (χ2n) is 4.55. The van der Waals surface area contributed by atoms with Crippen LogP contribution in [0.15, 0.2) is 28.7 Å². The molecule has 0 aliphatic carbocycles. The SMILES string of the molecule is Cc1oc(C)c(C(Cl)Cc2cccc(Cl)c2)c1C. The van der Waals surface area contributed by atoms with Gasteiger partial charge in [0.2, 0.25) is 0 Å². The van der Waals surface area contributed by atoms with Crippen LogP contribution >= 0.6 is 23.2 Å². The summed E-state index contributed by atoms with van der Waals surface area (Å²) in [4.78, 5) is 0. The summed E-state index contributed by atoms with van der Waals surface area (Å²) >= 11 is 12.5. The molecular formula is C15H16Cl2O. The number of hydrogen-bond donors (Lipinski definition) is 0. The van der Waals surface area contributed by atoms with Crippen molar-refractivity contribution in [3.63, 3.8) is 0 Å². The monoisotopic (exact) mass is 282 g/mol. The first-order chi connectivity index (χ1) is 8.49. The topological polar surface area (TPSA) is 13.1 Å². The van der Waals surface area contributed by atoms with Crippen molar-refractivity contribution in [3.05, 3.63) is 57.5 Å². The van der Waals surface area contributed by atoms with Gasteiger partial charge in [-0.15, -0.1) is 11.6 Å². The van der Waals surface area contributed by atoms with Crippen molar-refractivity contribution in [1.82, 2.24) is 0 Å². The molecule has 96 valence electrons. The van der Waals surface area contributed by atoms with Gasteiger partial charge in [0, 0.05) is 10.6 Å². The molecule has 0 amide bonds. The maximum Gasteiger partial charge on any atom is 0.106 e. The number of benzene rings is 1. The van der Waals surface area contributed by atoms with E-state index in [2.05, 4.69) is 6.92 Å². The Bertz CT molecular complexity index is 558. The fourth-order valence-electron chi connectivity index (χ4n) is 2.24. The summed E-state index contributed by atoms with van der Waals surface area (Å²) < 4.78 is 5.62. The second kappa shape index (κ2) is 5.38. The Hall–Kier alpha value is -0.920. The molecule has 1 heterocycles. The summed E-state index contributed by atoms with van der Waals surface area (Å²) in [5.74, 6) is 1.85. The van der Waals surface area contributed by atoms with Crippen molar-refractivity contribution >= 4 is 23.2 Å². The number of aryl methyl sites for hydroxylation is 2. The number of furan rings is 1. The van der Waals surface area contributed by atoms with Gasteiger partial charge in [-0.1, -0.05) is 23.7 Å². The summed E-state index contributed by atoms with van der Waals surface area (Å²) in [6.07, 6.45) is 0.753. The normalized spacial score (nSPS) is 12.7. The molecule has 1 aromatic heterocycles. The lowest BCUT2D eigenvalue weighted by Gasteiger charge is -2.10. The van der Waals surface area contributed by atoms with Crippen LogP contribution < -0.4 is 0 Å². The molecule has 18 heavy (non-hydrogen) atoms. The molecular weight excluding hydrogens is 267 g/mol. The van der Waals surface area contributed by atoms with Crippen LogP contribution in [0.5, 0.6) is 0 Å². The minimum atomic E-state index is -0.0825. The summed E-state index contributed by atoms with van der Waals surface area (Å²) in [5.41, 5.74) is 3.39. The Balaban J connectivity index is 2.24. The summed E-state index contributed by atoms with van der Waals surface area (Å²) in [6.45, 7) is 5.98. The Morgan fingerprint density at radius 3 is 2.44 bits per heavy atom. The van der Waals surface area contributed by atoms with Gasteiger partial charge in [-0.25, -0.2) is 0 Å². The van der Waals surface area contributed by atoms with Crippen LogP contribution in [0.4, 0.5) is 0 Å². The molecule has 0 fully saturated rings. The van der Waals surface area contributed by atoms with E-state index in [1.807, 2.05) is 38.1 Å². The Morgan fingerprint density at radius 1 is 1.17 bits per heavy atom. The van der Waals surface area contributed by atoms with E-state index in [4.69, 9.17) is 27.6 Å². The highest BCUT2D eigenvalue weighted by Gasteiger charge is 2.19. The Kier molecular flexibility index (Phi) is 4.04. The number of rotatable bonds is 3. The molecule has 3 heteroatoms. The van der Waals surface area contributed by atoms with Crippen LogP contribution in [0.3, 0.4) is 0 Å². The highest BCUT2D eigenvalue weighted by molar-refractivity contribution is 6.30. The van der Waals surface area contributed by atoms with Crippen LogP contribution in [0.2, 0.25) is 5.02 Å². The molecule has 0 N–H and O–H groups in total. The van der Waals surface area contributed by atoms with Crippen molar-refractivity contribution in [2.45, 2.75) is 32.6 Å². The Labute approximate surface area is 118 Å². The van der Waals surface area contributed by atoms with Crippen LogP contribution in [-0.4, -0.2) is 0 Å². The zero-order valence-corrected chi connectivity index (χ0v) is 12.3. The van der Waals surface area contributed by atoms with E-state index in [1.165, 1.54) is 0 Å². The van der Waals surface area contributed by atoms with Gasteiger partial charge < -0.3 is 4.42 Å². The Morgan fingerprint density at radius 2 is 1.89 bits per heavy atom. The van der Waals surface area contributed by atoms with Crippen molar-refractivity contribution in [2.75, 3.05) is 0 Å². The predicted octanol–water partition coefficient (Wildman–Crippen LogP) is 5.38. The third-order valence-electron chi connectivity index (χ3n) is 3.23. The molecule has 0 aliphatic rings. The fourth-order valence-corrected chi connectivity index (χ4v) is 2.95. The second-order valence-corrected chi connectivity index (χ2v) is 5.52. The molecule has 0 spiro atoms.